The molecule has 0 N–H and O–H groups in total. The Balaban J connectivity index is 1.80. The molecule has 1 heterocycles. The number of likely N-dealkylation sites (tertiary alicyclic amines) is 1. The summed E-state index contributed by atoms with van der Waals surface area (Å²) in [4.78, 5) is 30.2. The molecule has 0 aromatic heterocycles. The highest BCUT2D eigenvalue weighted by atomic mass is 28.4. The Labute approximate surface area is 244 Å². The predicted octanol–water partition coefficient (Wildman–Crippen LogP) is 8.21. The third-order valence-corrected chi connectivity index (χ3v) is 15.5. The molecule has 0 radical (unpaired) electrons. The lowest BCUT2D eigenvalue weighted by molar-refractivity contribution is -0.131. The minimum atomic E-state index is -2.01. The van der Waals surface area contributed by atoms with Crippen molar-refractivity contribution in [2.75, 3.05) is 6.61 Å². The van der Waals surface area contributed by atoms with Crippen LogP contribution < -0.4 is 0 Å². The van der Waals surface area contributed by atoms with E-state index in [0.29, 0.717) is 18.6 Å². The third-order valence-electron chi connectivity index (χ3n) is 9.47. The maximum absolute atomic E-state index is 14.5. The first-order chi connectivity index (χ1) is 18.6. The summed E-state index contributed by atoms with van der Waals surface area (Å²) in [6.45, 7) is 21.5. The number of fused-ring (bicyclic) bond motifs is 1. The van der Waals surface area contributed by atoms with Crippen molar-refractivity contribution >= 4 is 28.2 Å². The summed E-state index contributed by atoms with van der Waals surface area (Å²) in [5, 5.41) is 0.0960. The first-order valence-electron chi connectivity index (χ1n) is 14.9. The van der Waals surface area contributed by atoms with Gasteiger partial charge in [-0.2, -0.15) is 0 Å². The highest BCUT2D eigenvalue weighted by molar-refractivity contribution is 6.76. The monoisotopic (exact) mass is 575 g/mol. The summed E-state index contributed by atoms with van der Waals surface area (Å²) in [5.74, 6) is -0.349. The number of nitrogens with zero attached hydrogens (tertiary/aromatic N) is 1. The molecule has 1 aliphatic heterocycles. The predicted molar refractivity (Wildman–Crippen MR) is 171 cm³/mol. The van der Waals surface area contributed by atoms with Crippen LogP contribution in [0.25, 0.3) is 0 Å². The Morgan fingerprint density at radius 3 is 2.05 bits per heavy atom. The topological polar surface area (TPSA) is 46.6 Å². The quantitative estimate of drug-likeness (QED) is 0.181. The highest BCUT2D eigenvalue weighted by Gasteiger charge is 2.56. The van der Waals surface area contributed by atoms with Crippen molar-refractivity contribution < 1.29 is 14.0 Å². The molecule has 216 valence electrons. The summed E-state index contributed by atoms with van der Waals surface area (Å²) < 4.78 is 6.81. The van der Waals surface area contributed by atoms with Crippen molar-refractivity contribution in [1.29, 1.82) is 0 Å². The molecule has 1 saturated heterocycles. The van der Waals surface area contributed by atoms with E-state index in [1.165, 1.54) is 11.1 Å². The van der Waals surface area contributed by atoms with Gasteiger partial charge in [0.25, 0.3) is 5.91 Å². The second-order valence-electron chi connectivity index (χ2n) is 14.7. The standard InChI is InChI=1S/C34H49NO3Si2/c1-24-28(23-39(5,6)7)21-27(22-38-40(8,9)34(2,3)4)31-30(24)29(20-25-16-12-10-13-17-25)35(33(31)37)32(36)26-18-14-11-15-19-26/h10-19,27,29-31H,20-23H2,1-9H3/t27-,29-,30+,31+/m1/s1. The van der Waals surface area contributed by atoms with Crippen LogP contribution in [0.5, 0.6) is 0 Å². The highest BCUT2D eigenvalue weighted by Crippen LogP contribution is 2.50. The molecule has 2 aromatic carbocycles. The fourth-order valence-corrected chi connectivity index (χ4v) is 9.13. The van der Waals surface area contributed by atoms with E-state index < -0.39 is 16.4 Å². The fourth-order valence-electron chi connectivity index (χ4n) is 6.36. The minimum absolute atomic E-state index is 0.00786. The van der Waals surface area contributed by atoms with E-state index in [4.69, 9.17) is 4.43 Å². The van der Waals surface area contributed by atoms with Gasteiger partial charge in [-0.25, -0.2) is 0 Å². The molecular formula is C34H49NO3Si2. The first kappa shape index (κ1) is 30.7. The number of rotatable bonds is 8. The fraction of sp³-hybridized carbons (Fsp3) is 0.529. The van der Waals surface area contributed by atoms with Gasteiger partial charge in [0, 0.05) is 26.2 Å². The molecule has 0 saturated carbocycles. The van der Waals surface area contributed by atoms with Crippen LogP contribution in [-0.2, 0) is 15.6 Å². The van der Waals surface area contributed by atoms with E-state index in [2.05, 4.69) is 72.6 Å². The van der Waals surface area contributed by atoms with Crippen LogP contribution in [0.3, 0.4) is 0 Å². The maximum atomic E-state index is 14.5. The van der Waals surface area contributed by atoms with Gasteiger partial charge in [0.1, 0.15) is 0 Å². The van der Waals surface area contributed by atoms with E-state index >= 15 is 0 Å². The maximum Gasteiger partial charge on any atom is 0.260 e. The van der Waals surface area contributed by atoms with Crippen molar-refractivity contribution in [3.8, 4) is 0 Å². The van der Waals surface area contributed by atoms with Crippen LogP contribution in [0.1, 0.15) is 50.0 Å². The van der Waals surface area contributed by atoms with Gasteiger partial charge in [0.05, 0.1) is 12.0 Å². The van der Waals surface area contributed by atoms with E-state index in [0.717, 1.165) is 18.0 Å². The SMILES string of the molecule is CC1=C(C[Si](C)(C)C)C[C@H](CO[Si](C)(C)C(C)(C)C)[C@@H]2C(=O)N(C(=O)c3ccccc3)[C@H](Cc3ccccc3)[C@H]12. The summed E-state index contributed by atoms with van der Waals surface area (Å²) in [6, 6.07) is 20.6. The molecule has 6 heteroatoms. The zero-order valence-electron chi connectivity index (χ0n) is 26.1. The molecule has 0 unspecified atom stereocenters. The number of imide groups is 1. The molecule has 4 nitrogen and oxygen atoms in total. The largest absolute Gasteiger partial charge is 0.417 e. The Kier molecular flexibility index (Phi) is 8.84. The summed E-state index contributed by atoms with van der Waals surface area (Å²) in [6.07, 6.45) is 1.56. The molecule has 2 amide bonds. The lowest BCUT2D eigenvalue weighted by atomic mass is 9.68. The molecule has 1 fully saturated rings. The smallest absolute Gasteiger partial charge is 0.260 e. The van der Waals surface area contributed by atoms with Crippen molar-refractivity contribution in [1.82, 2.24) is 4.90 Å². The van der Waals surface area contributed by atoms with Crippen LogP contribution in [0.2, 0.25) is 43.8 Å². The number of benzene rings is 2. The number of hydrogen-bond donors (Lipinski definition) is 0. The average molecular weight is 576 g/mol. The van der Waals surface area contributed by atoms with Gasteiger partial charge >= 0.3 is 0 Å². The molecule has 1 aliphatic carbocycles. The zero-order valence-corrected chi connectivity index (χ0v) is 28.1. The zero-order chi connectivity index (χ0) is 29.5. The van der Waals surface area contributed by atoms with Crippen molar-refractivity contribution in [2.24, 2.45) is 17.8 Å². The molecule has 2 aliphatic rings. The van der Waals surface area contributed by atoms with Crippen LogP contribution >= 0.6 is 0 Å². The number of amides is 2. The average Bonchev–Trinajstić information content (AvgIpc) is 3.16. The normalized spacial score (nSPS) is 23.9. The molecular weight excluding hydrogens is 527 g/mol. The lowest BCUT2D eigenvalue weighted by Gasteiger charge is -2.41. The van der Waals surface area contributed by atoms with E-state index in [-0.39, 0.29) is 40.6 Å². The minimum Gasteiger partial charge on any atom is -0.417 e. The van der Waals surface area contributed by atoms with Crippen LogP contribution in [0, 0.1) is 17.8 Å². The second-order valence-corrected chi connectivity index (χ2v) is 25.0. The molecule has 4 atom stereocenters. The summed E-state index contributed by atoms with van der Waals surface area (Å²) in [5.41, 5.74) is 4.58. The van der Waals surface area contributed by atoms with Crippen LogP contribution in [0.4, 0.5) is 0 Å². The van der Waals surface area contributed by atoms with Crippen LogP contribution in [0.15, 0.2) is 71.8 Å². The van der Waals surface area contributed by atoms with E-state index in [9.17, 15) is 9.59 Å². The van der Waals surface area contributed by atoms with E-state index in [1.807, 2.05) is 48.5 Å². The van der Waals surface area contributed by atoms with Gasteiger partial charge in [-0.15, -0.1) is 0 Å². The van der Waals surface area contributed by atoms with Gasteiger partial charge in [-0.1, -0.05) is 100 Å². The summed E-state index contributed by atoms with van der Waals surface area (Å²) >= 11 is 0. The molecule has 40 heavy (non-hydrogen) atoms. The lowest BCUT2D eigenvalue weighted by Crippen LogP contribution is -2.44. The first-order valence-corrected chi connectivity index (χ1v) is 21.5. The summed E-state index contributed by atoms with van der Waals surface area (Å²) in [7, 11) is -3.42. The second kappa shape index (κ2) is 11.5. The van der Waals surface area contributed by atoms with Crippen molar-refractivity contribution in [3.63, 3.8) is 0 Å². The molecule has 0 spiro atoms. The molecule has 2 aromatic rings. The van der Waals surface area contributed by atoms with Gasteiger partial charge in [-0.05, 0) is 67.6 Å². The third kappa shape index (κ3) is 6.45. The van der Waals surface area contributed by atoms with Crippen molar-refractivity contribution in [3.05, 3.63) is 82.9 Å². The van der Waals surface area contributed by atoms with Gasteiger partial charge < -0.3 is 4.43 Å². The van der Waals surface area contributed by atoms with Crippen molar-refractivity contribution in [2.45, 2.75) is 90.4 Å². The van der Waals surface area contributed by atoms with Gasteiger partial charge in [-0.3, -0.25) is 14.5 Å². The number of carbonyl (C=O) groups is 2. The Bertz CT molecular complexity index is 1240. The Morgan fingerprint density at radius 2 is 1.50 bits per heavy atom. The van der Waals surface area contributed by atoms with Gasteiger partial charge in [0.2, 0.25) is 5.91 Å². The molecule has 0 bridgehead atoms. The Morgan fingerprint density at radius 1 is 0.925 bits per heavy atom. The number of allylic oxidation sites excluding steroid dienone is 1. The number of carbonyl (C=O) groups excluding carboxylic acids is 2. The molecule has 4 rings (SSSR count). The van der Waals surface area contributed by atoms with E-state index in [1.54, 1.807) is 4.90 Å². The van der Waals surface area contributed by atoms with Gasteiger partial charge in [0.15, 0.2) is 8.32 Å². The number of hydrogen-bond acceptors (Lipinski definition) is 3. The Hall–Kier alpha value is -2.29. The van der Waals surface area contributed by atoms with Crippen LogP contribution in [-0.4, -0.2) is 45.8 Å².